The number of carbonyl (C=O) groups excluding carboxylic acids is 1. The van der Waals surface area contributed by atoms with Crippen LogP contribution in [-0.2, 0) is 4.79 Å². The van der Waals surface area contributed by atoms with Gasteiger partial charge in [0.2, 0.25) is 0 Å². The van der Waals surface area contributed by atoms with Gasteiger partial charge in [-0.1, -0.05) is 12.1 Å². The summed E-state index contributed by atoms with van der Waals surface area (Å²) in [4.78, 5) is 29.2. The van der Waals surface area contributed by atoms with Crippen LogP contribution in [0.3, 0.4) is 0 Å². The van der Waals surface area contributed by atoms with E-state index >= 15 is 0 Å². The molecule has 1 atom stereocenters. The van der Waals surface area contributed by atoms with Crippen LogP contribution >= 0.6 is 0 Å². The fourth-order valence-electron chi connectivity index (χ4n) is 1.47. The predicted molar refractivity (Wildman–Crippen MR) is 62.1 cm³/mol. The van der Waals surface area contributed by atoms with Gasteiger partial charge in [0.25, 0.3) is 5.91 Å². The number of hydrogen-bond acceptors (Lipinski definition) is 4. The lowest BCUT2D eigenvalue weighted by Gasteiger charge is -2.09. The Balaban J connectivity index is 2.20. The normalized spacial score (nSPS) is 12.3. The van der Waals surface area contributed by atoms with Gasteiger partial charge in [0, 0.05) is 0 Å². The highest BCUT2D eigenvalue weighted by Crippen LogP contribution is 2.10. The summed E-state index contributed by atoms with van der Waals surface area (Å²) in [5.74, 6) is -1.97. The Hall–Kier alpha value is -2.41. The predicted octanol–water partition coefficient (Wildman–Crippen LogP) is -0.262. The minimum absolute atomic E-state index is 0.0101. The first kappa shape index (κ1) is 12.1. The molecule has 0 aliphatic heterocycles. The number of nitrogens with zero attached hydrogens (tertiary/aromatic N) is 1. The molecule has 0 bridgehead atoms. The van der Waals surface area contributed by atoms with Crippen LogP contribution < -0.4 is 5.32 Å². The van der Waals surface area contributed by atoms with Gasteiger partial charge in [-0.05, 0) is 12.1 Å². The van der Waals surface area contributed by atoms with Crippen LogP contribution in [0.15, 0.2) is 24.3 Å². The molecule has 1 amide bonds. The number of carboxylic acids is 1. The van der Waals surface area contributed by atoms with E-state index in [9.17, 15) is 9.59 Å². The Labute approximate surface area is 101 Å². The van der Waals surface area contributed by atoms with Gasteiger partial charge in [-0.2, -0.15) is 0 Å². The molecule has 94 valence electrons. The third kappa shape index (κ3) is 2.30. The van der Waals surface area contributed by atoms with Gasteiger partial charge in [0.05, 0.1) is 17.6 Å². The lowest BCUT2D eigenvalue weighted by Crippen LogP contribution is -2.43. The van der Waals surface area contributed by atoms with Gasteiger partial charge in [-0.15, -0.1) is 0 Å². The molecule has 0 aliphatic rings. The zero-order valence-electron chi connectivity index (χ0n) is 9.25. The molecule has 2 aromatic rings. The van der Waals surface area contributed by atoms with E-state index < -0.39 is 24.5 Å². The molecule has 0 aliphatic carbocycles. The van der Waals surface area contributed by atoms with Crippen molar-refractivity contribution in [2.45, 2.75) is 6.04 Å². The number of aliphatic hydroxyl groups excluding tert-OH is 1. The smallest absolute Gasteiger partial charge is 0.328 e. The molecular formula is C11H11N3O4. The molecule has 1 aromatic carbocycles. The molecule has 4 N–H and O–H groups in total. The van der Waals surface area contributed by atoms with E-state index in [1.807, 2.05) is 0 Å². The zero-order chi connectivity index (χ0) is 13.1. The van der Waals surface area contributed by atoms with E-state index in [-0.39, 0.29) is 5.82 Å². The standard InChI is InChI=1S/C11H11N3O4/c15-5-8(11(17)18)14-10(16)9-12-6-3-1-2-4-7(6)13-9/h1-4,8,15H,5H2,(H,12,13)(H,14,16)(H,17,18)/t8-/m0/s1. The number of aromatic nitrogens is 2. The average Bonchev–Trinajstić information content (AvgIpc) is 2.79. The Morgan fingerprint density at radius 1 is 1.39 bits per heavy atom. The second-order valence-corrected chi connectivity index (χ2v) is 3.65. The molecule has 1 aromatic heterocycles. The number of H-pyrrole nitrogens is 1. The third-order valence-electron chi connectivity index (χ3n) is 2.39. The van der Waals surface area contributed by atoms with Crippen LogP contribution in [0, 0.1) is 0 Å². The molecule has 1 heterocycles. The van der Waals surface area contributed by atoms with E-state index in [4.69, 9.17) is 10.2 Å². The summed E-state index contributed by atoms with van der Waals surface area (Å²) in [6.45, 7) is -0.679. The number of aromatic amines is 1. The maximum atomic E-state index is 11.7. The summed E-state index contributed by atoms with van der Waals surface area (Å²) in [5.41, 5.74) is 1.29. The second-order valence-electron chi connectivity index (χ2n) is 3.65. The monoisotopic (exact) mass is 249 g/mol. The van der Waals surface area contributed by atoms with Crippen molar-refractivity contribution >= 4 is 22.9 Å². The molecule has 2 rings (SSSR count). The van der Waals surface area contributed by atoms with Crippen LogP contribution in [0.25, 0.3) is 11.0 Å². The summed E-state index contributed by atoms with van der Waals surface area (Å²) in [6, 6.07) is 5.70. The molecule has 0 saturated heterocycles. The largest absolute Gasteiger partial charge is 0.480 e. The van der Waals surface area contributed by atoms with Gasteiger partial charge in [-0.25, -0.2) is 9.78 Å². The maximum Gasteiger partial charge on any atom is 0.328 e. The van der Waals surface area contributed by atoms with E-state index in [1.54, 1.807) is 24.3 Å². The van der Waals surface area contributed by atoms with E-state index in [1.165, 1.54) is 0 Å². The highest BCUT2D eigenvalue weighted by molar-refractivity contribution is 5.96. The molecule has 0 fully saturated rings. The fourth-order valence-corrected chi connectivity index (χ4v) is 1.47. The zero-order valence-corrected chi connectivity index (χ0v) is 9.25. The number of fused-ring (bicyclic) bond motifs is 1. The van der Waals surface area contributed by atoms with Crippen molar-refractivity contribution in [2.24, 2.45) is 0 Å². The van der Waals surface area contributed by atoms with Crippen molar-refractivity contribution in [1.82, 2.24) is 15.3 Å². The van der Waals surface area contributed by atoms with E-state index in [0.717, 1.165) is 0 Å². The van der Waals surface area contributed by atoms with Gasteiger partial charge < -0.3 is 20.5 Å². The molecule has 7 nitrogen and oxygen atoms in total. The Morgan fingerprint density at radius 3 is 2.72 bits per heavy atom. The molecule has 0 unspecified atom stereocenters. The van der Waals surface area contributed by atoms with Gasteiger partial charge in [0.1, 0.15) is 0 Å². The summed E-state index contributed by atoms with van der Waals surface area (Å²) in [7, 11) is 0. The van der Waals surface area contributed by atoms with Crippen molar-refractivity contribution in [1.29, 1.82) is 0 Å². The van der Waals surface area contributed by atoms with Crippen molar-refractivity contribution in [3.63, 3.8) is 0 Å². The summed E-state index contributed by atoms with van der Waals surface area (Å²) in [5, 5.41) is 19.7. The Morgan fingerprint density at radius 2 is 2.11 bits per heavy atom. The Kier molecular flexibility index (Phi) is 3.24. The minimum Gasteiger partial charge on any atom is -0.480 e. The van der Waals surface area contributed by atoms with Gasteiger partial charge in [0.15, 0.2) is 11.9 Å². The molecule has 0 radical (unpaired) electrons. The number of carboxylic acid groups (broad SMARTS) is 1. The first-order valence-corrected chi connectivity index (χ1v) is 5.21. The van der Waals surface area contributed by atoms with Crippen LogP contribution in [0.2, 0.25) is 0 Å². The highest BCUT2D eigenvalue weighted by atomic mass is 16.4. The van der Waals surface area contributed by atoms with E-state index in [0.29, 0.717) is 11.0 Å². The second kappa shape index (κ2) is 4.84. The molecule has 0 saturated carbocycles. The number of imidazole rings is 1. The summed E-state index contributed by atoms with van der Waals surface area (Å²) >= 11 is 0. The number of carbonyl (C=O) groups is 2. The first-order valence-electron chi connectivity index (χ1n) is 5.21. The van der Waals surface area contributed by atoms with Crippen molar-refractivity contribution < 1.29 is 19.8 Å². The topological polar surface area (TPSA) is 115 Å². The molecule has 18 heavy (non-hydrogen) atoms. The van der Waals surface area contributed by atoms with Crippen molar-refractivity contribution in [3.8, 4) is 0 Å². The summed E-state index contributed by atoms with van der Waals surface area (Å²) < 4.78 is 0. The maximum absolute atomic E-state index is 11.7. The number of aliphatic carboxylic acids is 1. The Bertz CT molecular complexity index is 560. The van der Waals surface area contributed by atoms with Crippen LogP contribution in [0.5, 0.6) is 0 Å². The fraction of sp³-hybridized carbons (Fsp3) is 0.182. The van der Waals surface area contributed by atoms with E-state index in [2.05, 4.69) is 15.3 Å². The average molecular weight is 249 g/mol. The number of aliphatic hydroxyl groups is 1. The number of nitrogens with one attached hydrogen (secondary N) is 2. The van der Waals surface area contributed by atoms with Crippen molar-refractivity contribution in [3.05, 3.63) is 30.1 Å². The molecular weight excluding hydrogens is 238 g/mol. The lowest BCUT2D eigenvalue weighted by atomic mass is 10.3. The van der Waals surface area contributed by atoms with Crippen LogP contribution in [0.1, 0.15) is 10.6 Å². The number of benzene rings is 1. The number of para-hydroxylation sites is 2. The number of hydrogen-bond donors (Lipinski definition) is 4. The number of amides is 1. The van der Waals surface area contributed by atoms with Crippen LogP contribution in [0.4, 0.5) is 0 Å². The number of rotatable bonds is 4. The third-order valence-corrected chi connectivity index (χ3v) is 2.39. The van der Waals surface area contributed by atoms with Gasteiger partial charge >= 0.3 is 5.97 Å². The van der Waals surface area contributed by atoms with Gasteiger partial charge in [-0.3, -0.25) is 4.79 Å². The first-order chi connectivity index (χ1) is 8.61. The van der Waals surface area contributed by atoms with Crippen molar-refractivity contribution in [2.75, 3.05) is 6.61 Å². The molecule has 0 spiro atoms. The van der Waals surface area contributed by atoms with Crippen LogP contribution in [-0.4, -0.2) is 44.7 Å². The SMILES string of the molecule is O=C(N[C@@H](CO)C(=O)O)c1nc2ccccc2[nH]1. The lowest BCUT2D eigenvalue weighted by molar-refractivity contribution is -0.140. The minimum atomic E-state index is -1.34. The quantitative estimate of drug-likeness (QED) is 0.595. The molecule has 7 heteroatoms. The summed E-state index contributed by atoms with van der Waals surface area (Å²) in [6.07, 6.45) is 0. The highest BCUT2D eigenvalue weighted by Gasteiger charge is 2.21.